The number of nitrogens with zero attached hydrogens (tertiary/aromatic N) is 2. The van der Waals surface area contributed by atoms with Crippen molar-refractivity contribution in [1.82, 2.24) is 10.3 Å². The summed E-state index contributed by atoms with van der Waals surface area (Å²) in [6.45, 7) is 0.785. The molecule has 1 saturated heterocycles. The first-order valence-electron chi connectivity index (χ1n) is 16.3. The summed E-state index contributed by atoms with van der Waals surface area (Å²) < 4.78 is 40.9. The van der Waals surface area contributed by atoms with Gasteiger partial charge < -0.3 is 16.0 Å². The average molecular weight is 683 g/mol. The van der Waals surface area contributed by atoms with Crippen LogP contribution in [0.4, 0.5) is 18.9 Å². The Morgan fingerprint density at radius 3 is 2.41 bits per heavy atom. The molecule has 7 rings (SSSR count). The fraction of sp³-hybridized carbons (Fsp3) is 0.263. The summed E-state index contributed by atoms with van der Waals surface area (Å²) in [5.74, 6) is -2.54. The van der Waals surface area contributed by atoms with E-state index in [1.54, 1.807) is 36.4 Å². The molecule has 1 aromatic heterocycles. The van der Waals surface area contributed by atoms with E-state index >= 15 is 0 Å². The second kappa shape index (κ2) is 12.9. The molecule has 11 heteroatoms. The molecule has 2 heterocycles. The molecule has 250 valence electrons. The Morgan fingerprint density at radius 1 is 0.980 bits per heavy atom. The number of carbonyl (C=O) groups excluding carboxylic acids is 3. The molecule has 3 N–H and O–H groups in total. The van der Waals surface area contributed by atoms with Gasteiger partial charge in [0.15, 0.2) is 5.78 Å². The van der Waals surface area contributed by atoms with Crippen LogP contribution in [0.3, 0.4) is 0 Å². The molecule has 5 aromatic rings. The smallest absolute Gasteiger partial charge is 0.346 e. The van der Waals surface area contributed by atoms with Gasteiger partial charge in [-0.15, -0.1) is 11.3 Å². The highest BCUT2D eigenvalue weighted by Crippen LogP contribution is 2.51. The summed E-state index contributed by atoms with van der Waals surface area (Å²) >= 11 is 1.47. The second-order valence-electron chi connectivity index (χ2n) is 12.4. The molecule has 1 aliphatic heterocycles. The largest absolute Gasteiger partial charge is 0.405 e. The Labute approximate surface area is 285 Å². The number of aromatic nitrogens is 1. The number of amides is 2. The third-order valence-corrected chi connectivity index (χ3v) is 10.3. The molecule has 0 spiro atoms. The van der Waals surface area contributed by atoms with Crippen LogP contribution >= 0.6 is 11.3 Å². The fourth-order valence-corrected chi connectivity index (χ4v) is 8.02. The van der Waals surface area contributed by atoms with E-state index in [0.29, 0.717) is 68.9 Å². The highest BCUT2D eigenvalue weighted by molar-refractivity contribution is 7.21. The van der Waals surface area contributed by atoms with E-state index < -0.39 is 30.6 Å². The van der Waals surface area contributed by atoms with Gasteiger partial charge in [-0.3, -0.25) is 14.4 Å². The van der Waals surface area contributed by atoms with Crippen LogP contribution in [0.25, 0.3) is 31.9 Å². The molecular formula is C38H33F3N4O3S. The zero-order valence-corrected chi connectivity index (χ0v) is 27.5. The molecule has 1 fully saturated rings. The summed E-state index contributed by atoms with van der Waals surface area (Å²) in [5.41, 5.74) is 11.6. The van der Waals surface area contributed by atoms with Crippen LogP contribution in [0, 0.1) is 0 Å². The molecule has 2 unspecified atom stereocenters. The van der Waals surface area contributed by atoms with Crippen LogP contribution in [0.1, 0.15) is 64.7 Å². The SMILES string of the molecule is CCCCc1c2c(cc(C(=O)c3ccccc3-c3nc4ccccc4s3)c1N1CCC(N)C1=O)-c1ccccc1C2C(=O)NCC(F)(F)F. The van der Waals surface area contributed by atoms with E-state index in [4.69, 9.17) is 10.7 Å². The monoisotopic (exact) mass is 682 g/mol. The van der Waals surface area contributed by atoms with Gasteiger partial charge in [0.25, 0.3) is 0 Å². The zero-order chi connectivity index (χ0) is 34.4. The Kier molecular flexibility index (Phi) is 8.58. The Bertz CT molecular complexity index is 2090. The maximum atomic E-state index is 15.0. The minimum absolute atomic E-state index is 0.260. The number of carbonyl (C=O) groups is 3. The minimum atomic E-state index is -4.60. The van der Waals surface area contributed by atoms with Gasteiger partial charge in [0.05, 0.1) is 27.9 Å². The number of nitrogens with two attached hydrogens (primary N) is 1. The molecule has 49 heavy (non-hydrogen) atoms. The van der Waals surface area contributed by atoms with Crippen LogP contribution in [0.5, 0.6) is 0 Å². The van der Waals surface area contributed by atoms with Gasteiger partial charge in [0.2, 0.25) is 11.8 Å². The lowest BCUT2D eigenvalue weighted by atomic mass is 9.84. The molecule has 1 aliphatic carbocycles. The van der Waals surface area contributed by atoms with E-state index in [-0.39, 0.29) is 23.8 Å². The number of rotatable bonds is 9. The summed E-state index contributed by atoms with van der Waals surface area (Å²) in [6.07, 6.45) is -2.42. The van der Waals surface area contributed by atoms with Crippen LogP contribution in [-0.2, 0) is 16.0 Å². The topological polar surface area (TPSA) is 105 Å². The maximum Gasteiger partial charge on any atom is 0.405 e. The lowest BCUT2D eigenvalue weighted by molar-refractivity contribution is -0.138. The highest BCUT2D eigenvalue weighted by Gasteiger charge is 2.42. The second-order valence-corrected chi connectivity index (χ2v) is 13.4. The Hall–Kier alpha value is -4.87. The first-order valence-corrected chi connectivity index (χ1v) is 17.1. The van der Waals surface area contributed by atoms with Gasteiger partial charge in [0, 0.05) is 23.2 Å². The van der Waals surface area contributed by atoms with Crippen LogP contribution in [0.2, 0.25) is 0 Å². The van der Waals surface area contributed by atoms with Gasteiger partial charge in [0.1, 0.15) is 11.6 Å². The Balaban J connectivity index is 1.47. The number of para-hydroxylation sites is 1. The molecule has 0 radical (unpaired) electrons. The lowest BCUT2D eigenvalue weighted by Gasteiger charge is -2.28. The van der Waals surface area contributed by atoms with Gasteiger partial charge in [-0.1, -0.05) is 74.0 Å². The van der Waals surface area contributed by atoms with Crippen molar-refractivity contribution in [3.05, 3.63) is 107 Å². The van der Waals surface area contributed by atoms with Crippen molar-refractivity contribution in [1.29, 1.82) is 0 Å². The number of unbranched alkanes of at least 4 members (excludes halogenated alkanes) is 1. The van der Waals surface area contributed by atoms with E-state index in [2.05, 4.69) is 5.32 Å². The average Bonchev–Trinajstić information content (AvgIpc) is 3.78. The van der Waals surface area contributed by atoms with E-state index in [1.807, 2.05) is 49.4 Å². The minimum Gasteiger partial charge on any atom is -0.346 e. The van der Waals surface area contributed by atoms with Crippen molar-refractivity contribution in [2.45, 2.75) is 50.7 Å². The van der Waals surface area contributed by atoms with Crippen LogP contribution in [-0.4, -0.2) is 47.9 Å². The number of nitrogens with one attached hydrogen (secondary N) is 1. The third-order valence-electron chi connectivity index (χ3n) is 9.26. The van der Waals surface area contributed by atoms with Crippen molar-refractivity contribution >= 4 is 44.8 Å². The number of hydrogen-bond donors (Lipinski definition) is 2. The van der Waals surface area contributed by atoms with Crippen molar-refractivity contribution in [3.8, 4) is 21.7 Å². The van der Waals surface area contributed by atoms with Crippen LogP contribution in [0.15, 0.2) is 78.9 Å². The number of thiazole rings is 1. The zero-order valence-electron chi connectivity index (χ0n) is 26.6. The predicted molar refractivity (Wildman–Crippen MR) is 185 cm³/mol. The molecule has 2 aliphatic rings. The number of fused-ring (bicyclic) bond motifs is 4. The molecule has 2 atom stereocenters. The number of alkyl halides is 3. The van der Waals surface area contributed by atoms with E-state index in [9.17, 15) is 27.6 Å². The van der Waals surface area contributed by atoms with Crippen molar-refractivity contribution < 1.29 is 27.6 Å². The molecule has 4 aromatic carbocycles. The number of benzene rings is 4. The number of ketones is 1. The third kappa shape index (κ3) is 5.91. The number of anilines is 1. The first-order chi connectivity index (χ1) is 23.6. The lowest BCUT2D eigenvalue weighted by Crippen LogP contribution is -2.38. The maximum absolute atomic E-state index is 15.0. The molecule has 0 bridgehead atoms. The van der Waals surface area contributed by atoms with Gasteiger partial charge >= 0.3 is 6.18 Å². The summed E-state index contributed by atoms with van der Waals surface area (Å²) in [4.78, 5) is 48.7. The van der Waals surface area contributed by atoms with Gasteiger partial charge in [-0.2, -0.15) is 13.2 Å². The quantitative estimate of drug-likeness (QED) is 0.158. The van der Waals surface area contributed by atoms with Crippen LogP contribution < -0.4 is 16.0 Å². The normalized spacial score (nSPS) is 17.0. The van der Waals surface area contributed by atoms with Crippen molar-refractivity contribution in [2.75, 3.05) is 18.0 Å². The summed E-state index contributed by atoms with van der Waals surface area (Å²) in [5, 5.41) is 2.77. The van der Waals surface area contributed by atoms with E-state index in [1.165, 1.54) is 16.2 Å². The predicted octanol–water partition coefficient (Wildman–Crippen LogP) is 7.39. The van der Waals surface area contributed by atoms with Crippen molar-refractivity contribution in [3.63, 3.8) is 0 Å². The van der Waals surface area contributed by atoms with Crippen molar-refractivity contribution in [2.24, 2.45) is 5.73 Å². The molecule has 7 nitrogen and oxygen atoms in total. The number of hydrogen-bond acceptors (Lipinski definition) is 6. The van der Waals surface area contributed by atoms with Gasteiger partial charge in [-0.25, -0.2) is 4.98 Å². The van der Waals surface area contributed by atoms with Gasteiger partial charge in [-0.05, 0) is 65.3 Å². The standard InChI is InChI=1S/C38H33F3N4O3S/c1-2-3-10-25-31-26(21-11-4-5-12-22(21)32(31)35(47)43-20-38(39,40)41)19-27(33(25)45-18-17-28(42)37(45)48)34(46)23-13-6-7-14-24(23)36-44-29-15-8-9-16-30(29)49-36/h4-9,11-16,19,28,32H,2-3,10,17-18,20,42H2,1H3,(H,43,47). The Morgan fingerprint density at radius 2 is 1.69 bits per heavy atom. The molecular weight excluding hydrogens is 650 g/mol. The molecule has 2 amide bonds. The van der Waals surface area contributed by atoms with E-state index in [0.717, 1.165) is 16.6 Å². The number of halogens is 3. The summed E-state index contributed by atoms with van der Waals surface area (Å²) in [7, 11) is 0. The summed E-state index contributed by atoms with van der Waals surface area (Å²) in [6, 6.07) is 23.0. The molecule has 0 saturated carbocycles. The fourth-order valence-electron chi connectivity index (χ4n) is 7.02. The highest BCUT2D eigenvalue weighted by atomic mass is 32.1. The first kappa shape index (κ1) is 32.7.